The van der Waals surface area contributed by atoms with Crippen molar-refractivity contribution < 1.29 is 9.90 Å². The molecule has 20 heavy (non-hydrogen) atoms. The van der Waals surface area contributed by atoms with Gasteiger partial charge in [0.05, 0.1) is 0 Å². The molecule has 0 aliphatic heterocycles. The van der Waals surface area contributed by atoms with Gasteiger partial charge in [-0.25, -0.2) is 0 Å². The molecular formula is C16H34N2O2. The van der Waals surface area contributed by atoms with Crippen LogP contribution in [0.25, 0.3) is 0 Å². The van der Waals surface area contributed by atoms with Crippen LogP contribution in [0.1, 0.15) is 66.7 Å². The number of carboxylic acids is 1. The van der Waals surface area contributed by atoms with Gasteiger partial charge in [0.25, 0.3) is 0 Å². The van der Waals surface area contributed by atoms with Crippen molar-refractivity contribution in [2.75, 3.05) is 19.6 Å². The standard InChI is InChI=1S/C16H34N2O2/c1-6-8-12-18(7-2)13-10-9-11-16(5,15(19)20)17-14(3)4/h14,17H,6-13H2,1-5H3,(H,19,20). The van der Waals surface area contributed by atoms with Crippen LogP contribution in [0.5, 0.6) is 0 Å². The molecule has 1 atom stereocenters. The van der Waals surface area contributed by atoms with E-state index in [9.17, 15) is 9.90 Å². The fourth-order valence-electron chi connectivity index (χ4n) is 2.50. The maximum Gasteiger partial charge on any atom is 0.323 e. The molecule has 0 amide bonds. The lowest BCUT2D eigenvalue weighted by Gasteiger charge is -2.29. The second-order valence-electron chi connectivity index (χ2n) is 6.18. The molecule has 0 aromatic carbocycles. The first-order chi connectivity index (χ1) is 9.35. The molecule has 0 bridgehead atoms. The van der Waals surface area contributed by atoms with Crippen molar-refractivity contribution in [2.24, 2.45) is 0 Å². The Labute approximate surface area is 124 Å². The van der Waals surface area contributed by atoms with Gasteiger partial charge >= 0.3 is 5.97 Å². The molecular weight excluding hydrogens is 252 g/mol. The highest BCUT2D eigenvalue weighted by atomic mass is 16.4. The molecule has 0 rings (SSSR count). The molecule has 4 nitrogen and oxygen atoms in total. The van der Waals surface area contributed by atoms with Crippen LogP contribution in [-0.4, -0.2) is 47.2 Å². The summed E-state index contributed by atoms with van der Waals surface area (Å²) in [6, 6.07) is 0.188. The summed E-state index contributed by atoms with van der Waals surface area (Å²) in [4.78, 5) is 13.9. The number of aliphatic carboxylic acids is 1. The Morgan fingerprint density at radius 2 is 1.80 bits per heavy atom. The topological polar surface area (TPSA) is 52.6 Å². The van der Waals surface area contributed by atoms with Gasteiger partial charge in [-0.3, -0.25) is 10.1 Å². The van der Waals surface area contributed by atoms with Gasteiger partial charge in [0.15, 0.2) is 0 Å². The fourth-order valence-corrected chi connectivity index (χ4v) is 2.50. The lowest BCUT2D eigenvalue weighted by Crippen LogP contribution is -2.52. The van der Waals surface area contributed by atoms with Crippen molar-refractivity contribution in [3.05, 3.63) is 0 Å². The third-order valence-electron chi connectivity index (χ3n) is 3.76. The fraction of sp³-hybridized carbons (Fsp3) is 0.938. The Hall–Kier alpha value is -0.610. The summed E-state index contributed by atoms with van der Waals surface area (Å²) in [6.07, 6.45) is 5.18. The van der Waals surface area contributed by atoms with E-state index in [1.165, 1.54) is 12.8 Å². The molecule has 0 saturated carbocycles. The van der Waals surface area contributed by atoms with E-state index in [0.29, 0.717) is 6.42 Å². The molecule has 0 aliphatic rings. The summed E-state index contributed by atoms with van der Waals surface area (Å²) in [6.45, 7) is 13.5. The molecule has 0 heterocycles. The van der Waals surface area contributed by atoms with E-state index in [1.54, 1.807) is 6.92 Å². The lowest BCUT2D eigenvalue weighted by molar-refractivity contribution is -0.144. The third-order valence-corrected chi connectivity index (χ3v) is 3.76. The number of carbonyl (C=O) groups is 1. The van der Waals surface area contributed by atoms with E-state index < -0.39 is 11.5 Å². The van der Waals surface area contributed by atoms with Crippen LogP contribution in [0.15, 0.2) is 0 Å². The maximum absolute atomic E-state index is 11.4. The molecule has 0 saturated heterocycles. The first-order valence-electron chi connectivity index (χ1n) is 8.09. The van der Waals surface area contributed by atoms with Gasteiger partial charge in [0.2, 0.25) is 0 Å². The predicted octanol–water partition coefficient (Wildman–Crippen LogP) is 3.12. The average Bonchev–Trinajstić information content (AvgIpc) is 2.37. The molecule has 1 unspecified atom stereocenters. The summed E-state index contributed by atoms with van der Waals surface area (Å²) >= 11 is 0. The van der Waals surface area contributed by atoms with Gasteiger partial charge in [0, 0.05) is 6.04 Å². The van der Waals surface area contributed by atoms with Gasteiger partial charge in [-0.1, -0.05) is 20.3 Å². The molecule has 2 N–H and O–H groups in total. The zero-order valence-electron chi connectivity index (χ0n) is 14.0. The summed E-state index contributed by atoms with van der Waals surface area (Å²) in [5.74, 6) is -0.746. The Bertz CT molecular complexity index is 269. The zero-order valence-corrected chi connectivity index (χ0v) is 14.0. The number of rotatable bonds is 12. The lowest BCUT2D eigenvalue weighted by atomic mass is 9.94. The van der Waals surface area contributed by atoms with E-state index in [2.05, 4.69) is 24.1 Å². The van der Waals surface area contributed by atoms with Gasteiger partial charge in [-0.15, -0.1) is 0 Å². The molecule has 0 aromatic rings. The van der Waals surface area contributed by atoms with Crippen molar-refractivity contribution >= 4 is 5.97 Å². The summed E-state index contributed by atoms with van der Waals surface area (Å²) in [5, 5.41) is 12.6. The maximum atomic E-state index is 11.4. The van der Waals surface area contributed by atoms with E-state index >= 15 is 0 Å². The molecule has 0 spiro atoms. The minimum atomic E-state index is -0.797. The second kappa shape index (κ2) is 10.2. The van der Waals surface area contributed by atoms with E-state index in [0.717, 1.165) is 32.5 Å². The second-order valence-corrected chi connectivity index (χ2v) is 6.18. The highest BCUT2D eigenvalue weighted by Crippen LogP contribution is 2.16. The largest absolute Gasteiger partial charge is 0.480 e. The molecule has 0 radical (unpaired) electrons. The molecule has 0 aromatic heterocycles. The number of nitrogens with one attached hydrogen (secondary N) is 1. The number of unbranched alkanes of at least 4 members (excludes halogenated alkanes) is 2. The molecule has 4 heteroatoms. The highest BCUT2D eigenvalue weighted by Gasteiger charge is 2.32. The van der Waals surface area contributed by atoms with Crippen LogP contribution < -0.4 is 5.32 Å². The van der Waals surface area contributed by atoms with Gasteiger partial charge in [-0.2, -0.15) is 0 Å². The van der Waals surface area contributed by atoms with Crippen LogP contribution in [0, 0.1) is 0 Å². The van der Waals surface area contributed by atoms with Crippen molar-refractivity contribution in [2.45, 2.75) is 78.3 Å². The first-order valence-corrected chi connectivity index (χ1v) is 8.09. The number of hydrogen-bond acceptors (Lipinski definition) is 3. The Morgan fingerprint density at radius 1 is 1.20 bits per heavy atom. The van der Waals surface area contributed by atoms with Crippen LogP contribution in [0.3, 0.4) is 0 Å². The van der Waals surface area contributed by atoms with Gasteiger partial charge in [0.1, 0.15) is 5.54 Å². The predicted molar refractivity (Wildman–Crippen MR) is 85.2 cm³/mol. The van der Waals surface area contributed by atoms with Crippen LogP contribution >= 0.6 is 0 Å². The smallest absolute Gasteiger partial charge is 0.323 e. The Morgan fingerprint density at radius 3 is 2.25 bits per heavy atom. The SMILES string of the molecule is CCCCN(CC)CCCCC(C)(NC(C)C)C(=O)O. The van der Waals surface area contributed by atoms with Crippen LogP contribution in [0.2, 0.25) is 0 Å². The summed E-state index contributed by atoms with van der Waals surface area (Å²) in [7, 11) is 0. The van der Waals surface area contributed by atoms with Crippen molar-refractivity contribution in [1.29, 1.82) is 0 Å². The van der Waals surface area contributed by atoms with Crippen LogP contribution in [0.4, 0.5) is 0 Å². The van der Waals surface area contributed by atoms with Crippen LogP contribution in [-0.2, 0) is 4.79 Å². The minimum absolute atomic E-state index is 0.188. The van der Waals surface area contributed by atoms with Crippen molar-refractivity contribution in [1.82, 2.24) is 10.2 Å². The van der Waals surface area contributed by atoms with Gasteiger partial charge in [-0.05, 0) is 66.1 Å². The van der Waals surface area contributed by atoms with Crippen molar-refractivity contribution in [3.8, 4) is 0 Å². The quantitative estimate of drug-likeness (QED) is 0.541. The monoisotopic (exact) mass is 286 g/mol. The summed E-state index contributed by atoms with van der Waals surface area (Å²) in [5.41, 5.74) is -0.797. The third kappa shape index (κ3) is 7.85. The van der Waals surface area contributed by atoms with E-state index in [-0.39, 0.29) is 6.04 Å². The number of nitrogens with zero attached hydrogens (tertiary/aromatic N) is 1. The van der Waals surface area contributed by atoms with Crippen molar-refractivity contribution in [3.63, 3.8) is 0 Å². The Balaban J connectivity index is 4.08. The zero-order chi connectivity index (χ0) is 15.6. The van der Waals surface area contributed by atoms with E-state index in [1.807, 2.05) is 13.8 Å². The first kappa shape index (κ1) is 19.4. The molecule has 0 aliphatic carbocycles. The number of carboxylic acid groups (broad SMARTS) is 1. The summed E-state index contributed by atoms with van der Waals surface area (Å²) < 4.78 is 0. The average molecular weight is 286 g/mol. The normalized spacial score (nSPS) is 14.8. The molecule has 0 fully saturated rings. The van der Waals surface area contributed by atoms with Gasteiger partial charge < -0.3 is 10.0 Å². The van der Waals surface area contributed by atoms with E-state index in [4.69, 9.17) is 0 Å². The number of hydrogen-bond donors (Lipinski definition) is 2. The molecule has 120 valence electrons. The minimum Gasteiger partial charge on any atom is -0.480 e. The highest BCUT2D eigenvalue weighted by molar-refractivity contribution is 5.78. The Kier molecular flexibility index (Phi) is 9.86.